The highest BCUT2D eigenvalue weighted by Crippen LogP contribution is 2.29. The second-order valence-corrected chi connectivity index (χ2v) is 5.97. The molecule has 3 heterocycles. The van der Waals surface area contributed by atoms with Crippen LogP contribution in [0.5, 0.6) is 0 Å². The number of amides is 1. The van der Waals surface area contributed by atoms with Gasteiger partial charge in [-0.15, -0.1) is 0 Å². The van der Waals surface area contributed by atoms with Crippen LogP contribution in [0.1, 0.15) is 10.5 Å². The van der Waals surface area contributed by atoms with E-state index >= 15 is 0 Å². The zero-order chi connectivity index (χ0) is 19.9. The molecule has 1 N–H and O–H groups in total. The molecule has 1 aromatic carbocycles. The monoisotopic (exact) mass is 390 g/mol. The van der Waals surface area contributed by atoms with Gasteiger partial charge in [0.05, 0.1) is 17.2 Å². The fraction of sp³-hybridized carbons (Fsp3) is 0.176. The Kier molecular flexibility index (Phi) is 4.13. The molecule has 0 radical (unpaired) electrons. The lowest BCUT2D eigenvalue weighted by Crippen LogP contribution is -2.23. The van der Waals surface area contributed by atoms with E-state index in [-0.39, 0.29) is 22.7 Å². The largest absolute Gasteiger partial charge is 0.445 e. The minimum absolute atomic E-state index is 0.186. The van der Waals surface area contributed by atoms with E-state index in [0.29, 0.717) is 11.5 Å². The van der Waals surface area contributed by atoms with Crippen molar-refractivity contribution in [2.45, 2.75) is 12.7 Å². The number of imidazole rings is 1. The van der Waals surface area contributed by atoms with E-state index in [0.717, 1.165) is 4.57 Å². The number of carbonyl (C=O) groups excluding carboxylic acids is 1. The zero-order valence-electron chi connectivity index (χ0n) is 14.4. The Bertz CT molecular complexity index is 1140. The molecule has 0 aliphatic rings. The topological polar surface area (TPSA) is 90.8 Å². The normalized spacial score (nSPS) is 11.9. The SMILES string of the molecule is Cn1nccc1C(=O)Nc1nc2cc(-c3ncco3)ccc2n1CC(F)(F)F. The van der Waals surface area contributed by atoms with Gasteiger partial charge < -0.3 is 8.98 Å². The number of anilines is 1. The van der Waals surface area contributed by atoms with E-state index in [4.69, 9.17) is 4.42 Å². The van der Waals surface area contributed by atoms with Crippen LogP contribution in [-0.4, -0.2) is 36.4 Å². The van der Waals surface area contributed by atoms with Gasteiger partial charge in [-0.2, -0.15) is 18.3 Å². The highest BCUT2D eigenvalue weighted by atomic mass is 19.4. The summed E-state index contributed by atoms with van der Waals surface area (Å²) >= 11 is 0. The third kappa shape index (κ3) is 3.33. The molecule has 0 bridgehead atoms. The Morgan fingerprint density at radius 2 is 2.07 bits per heavy atom. The molecule has 144 valence electrons. The maximum Gasteiger partial charge on any atom is 0.406 e. The molecule has 0 fully saturated rings. The van der Waals surface area contributed by atoms with Crippen LogP contribution in [0.2, 0.25) is 0 Å². The van der Waals surface area contributed by atoms with Crippen molar-refractivity contribution in [1.29, 1.82) is 0 Å². The van der Waals surface area contributed by atoms with Crippen molar-refractivity contribution >= 4 is 22.9 Å². The molecular weight excluding hydrogens is 377 g/mol. The standard InChI is InChI=1S/C17H13F3N6O2/c1-25-13(4-5-22-25)14(27)24-16-23-11-8-10(15-21-6-7-28-15)2-3-12(11)26(16)9-17(18,19)20/h2-8H,9H2,1H3,(H,23,24,27). The average molecular weight is 390 g/mol. The van der Waals surface area contributed by atoms with Gasteiger partial charge in [0.15, 0.2) is 0 Å². The molecule has 11 heteroatoms. The molecule has 3 aromatic heterocycles. The summed E-state index contributed by atoms with van der Waals surface area (Å²) in [5.74, 6) is -0.525. The van der Waals surface area contributed by atoms with Gasteiger partial charge >= 0.3 is 6.18 Å². The third-order valence-electron chi connectivity index (χ3n) is 4.04. The lowest BCUT2D eigenvalue weighted by atomic mass is 10.2. The number of nitrogens with zero attached hydrogens (tertiary/aromatic N) is 5. The summed E-state index contributed by atoms with van der Waals surface area (Å²) in [5, 5.41) is 6.31. The van der Waals surface area contributed by atoms with Crippen LogP contribution in [0.4, 0.5) is 19.1 Å². The first-order valence-corrected chi connectivity index (χ1v) is 8.08. The number of alkyl halides is 3. The molecular formula is C17H13F3N6O2. The Hall–Kier alpha value is -3.63. The van der Waals surface area contributed by atoms with Gasteiger partial charge in [0, 0.05) is 18.8 Å². The van der Waals surface area contributed by atoms with Crippen LogP contribution < -0.4 is 5.32 Å². The van der Waals surface area contributed by atoms with Crippen LogP contribution in [0, 0.1) is 0 Å². The quantitative estimate of drug-likeness (QED) is 0.578. The number of carbonyl (C=O) groups is 1. The number of aryl methyl sites for hydroxylation is 1. The first-order chi connectivity index (χ1) is 13.3. The second kappa shape index (κ2) is 6.51. The molecule has 0 saturated carbocycles. The third-order valence-corrected chi connectivity index (χ3v) is 4.04. The summed E-state index contributed by atoms with van der Waals surface area (Å²) in [4.78, 5) is 20.6. The average Bonchev–Trinajstić information content (AvgIpc) is 3.34. The summed E-state index contributed by atoms with van der Waals surface area (Å²) in [7, 11) is 1.55. The molecule has 1 amide bonds. The highest BCUT2D eigenvalue weighted by Gasteiger charge is 2.31. The van der Waals surface area contributed by atoms with E-state index in [1.54, 1.807) is 19.2 Å². The van der Waals surface area contributed by atoms with Crippen molar-refractivity contribution in [3.05, 3.63) is 48.6 Å². The number of hydrogen-bond donors (Lipinski definition) is 1. The number of hydrogen-bond acceptors (Lipinski definition) is 5. The van der Waals surface area contributed by atoms with Crippen LogP contribution in [0.25, 0.3) is 22.5 Å². The maximum absolute atomic E-state index is 13.1. The van der Waals surface area contributed by atoms with Gasteiger partial charge in [-0.05, 0) is 24.3 Å². The summed E-state index contributed by atoms with van der Waals surface area (Å²) in [6.07, 6.45) is -0.236. The molecule has 0 aliphatic heterocycles. The minimum Gasteiger partial charge on any atom is -0.445 e. The fourth-order valence-electron chi connectivity index (χ4n) is 2.83. The lowest BCUT2D eigenvalue weighted by Gasteiger charge is -2.12. The Labute approximate surface area is 155 Å². The fourth-order valence-corrected chi connectivity index (χ4v) is 2.83. The van der Waals surface area contributed by atoms with Crippen molar-refractivity contribution in [3.63, 3.8) is 0 Å². The molecule has 4 aromatic rings. The van der Waals surface area contributed by atoms with Gasteiger partial charge in [0.1, 0.15) is 18.5 Å². The number of nitrogens with one attached hydrogen (secondary N) is 1. The van der Waals surface area contributed by atoms with Crippen LogP contribution in [0.15, 0.2) is 47.3 Å². The predicted octanol–water partition coefficient (Wildman–Crippen LogP) is 3.24. The van der Waals surface area contributed by atoms with Crippen molar-refractivity contribution in [2.24, 2.45) is 7.05 Å². The summed E-state index contributed by atoms with van der Waals surface area (Å²) in [6.45, 7) is -1.30. The van der Waals surface area contributed by atoms with Crippen molar-refractivity contribution in [2.75, 3.05) is 5.32 Å². The first kappa shape index (κ1) is 17.8. The van der Waals surface area contributed by atoms with E-state index < -0.39 is 18.6 Å². The first-order valence-electron chi connectivity index (χ1n) is 8.08. The van der Waals surface area contributed by atoms with Gasteiger partial charge in [-0.25, -0.2) is 9.97 Å². The van der Waals surface area contributed by atoms with Gasteiger partial charge in [0.25, 0.3) is 5.91 Å². The molecule has 0 saturated heterocycles. The molecule has 4 rings (SSSR count). The molecule has 0 spiro atoms. The van der Waals surface area contributed by atoms with Gasteiger partial charge in [0.2, 0.25) is 11.8 Å². The Morgan fingerprint density at radius 3 is 2.71 bits per heavy atom. The maximum atomic E-state index is 13.1. The van der Waals surface area contributed by atoms with Crippen molar-refractivity contribution in [3.8, 4) is 11.5 Å². The molecule has 0 unspecified atom stereocenters. The smallest absolute Gasteiger partial charge is 0.406 e. The number of benzene rings is 1. The number of rotatable bonds is 4. The number of oxazole rings is 1. The van der Waals surface area contributed by atoms with E-state index in [9.17, 15) is 18.0 Å². The Morgan fingerprint density at radius 1 is 1.25 bits per heavy atom. The van der Waals surface area contributed by atoms with E-state index in [1.807, 2.05) is 0 Å². The number of halogens is 3. The second-order valence-electron chi connectivity index (χ2n) is 5.97. The summed E-state index contributed by atoms with van der Waals surface area (Å²) < 4.78 is 46.7. The van der Waals surface area contributed by atoms with Crippen LogP contribution in [-0.2, 0) is 13.6 Å². The lowest BCUT2D eigenvalue weighted by molar-refractivity contribution is -0.139. The van der Waals surface area contributed by atoms with Gasteiger partial charge in [-0.1, -0.05) is 0 Å². The summed E-state index contributed by atoms with van der Waals surface area (Å²) in [6, 6.07) is 6.06. The number of fused-ring (bicyclic) bond motifs is 1. The van der Waals surface area contributed by atoms with Crippen molar-refractivity contribution in [1.82, 2.24) is 24.3 Å². The van der Waals surface area contributed by atoms with E-state index in [1.165, 1.54) is 35.5 Å². The summed E-state index contributed by atoms with van der Waals surface area (Å²) in [5.41, 5.74) is 1.22. The molecule has 8 nitrogen and oxygen atoms in total. The highest BCUT2D eigenvalue weighted by molar-refractivity contribution is 6.03. The molecule has 28 heavy (non-hydrogen) atoms. The van der Waals surface area contributed by atoms with Crippen LogP contribution >= 0.6 is 0 Å². The Balaban J connectivity index is 1.78. The molecule has 0 aliphatic carbocycles. The predicted molar refractivity (Wildman–Crippen MR) is 92.4 cm³/mol. The minimum atomic E-state index is -4.50. The van der Waals surface area contributed by atoms with Gasteiger partial charge in [-0.3, -0.25) is 14.8 Å². The number of aromatic nitrogens is 5. The van der Waals surface area contributed by atoms with Crippen molar-refractivity contribution < 1.29 is 22.4 Å². The zero-order valence-corrected chi connectivity index (χ0v) is 14.4. The van der Waals surface area contributed by atoms with E-state index in [2.05, 4.69) is 20.4 Å². The molecule has 0 atom stereocenters. The van der Waals surface area contributed by atoms with Crippen LogP contribution in [0.3, 0.4) is 0 Å².